The van der Waals surface area contributed by atoms with Gasteiger partial charge in [0.1, 0.15) is 5.75 Å². The molecule has 5 nitrogen and oxygen atoms in total. The second-order valence-corrected chi connectivity index (χ2v) is 5.50. The number of benzene rings is 1. The fourth-order valence-corrected chi connectivity index (χ4v) is 2.01. The summed E-state index contributed by atoms with van der Waals surface area (Å²) in [7, 11) is -3.68. The number of hydrazine groups is 1. The highest BCUT2D eigenvalue weighted by Crippen LogP contribution is 2.27. The molecule has 0 radical (unpaired) electrons. The van der Waals surface area contributed by atoms with E-state index in [9.17, 15) is 8.42 Å². The zero-order chi connectivity index (χ0) is 12.3. The quantitative estimate of drug-likeness (QED) is 0.634. The maximum Gasteiger partial charge on any atom is 0.253 e. The lowest BCUT2D eigenvalue weighted by Crippen LogP contribution is -2.30. The van der Waals surface area contributed by atoms with Crippen LogP contribution in [0.5, 0.6) is 5.75 Å². The molecule has 1 aromatic carbocycles. The number of ether oxygens (including phenoxy) is 1. The van der Waals surface area contributed by atoms with Gasteiger partial charge in [0.05, 0.1) is 16.0 Å². The summed E-state index contributed by atoms with van der Waals surface area (Å²) in [5.74, 6) is 5.33. The molecule has 0 aliphatic heterocycles. The number of sulfonamides is 1. The molecule has 3 N–H and O–H groups in total. The summed E-state index contributed by atoms with van der Waals surface area (Å²) < 4.78 is 28.1. The van der Waals surface area contributed by atoms with E-state index in [1.165, 1.54) is 18.2 Å². The molecule has 0 spiro atoms. The molecule has 0 saturated heterocycles. The lowest BCUT2D eigenvalue weighted by atomic mass is 10.3. The molecule has 0 aromatic heterocycles. The van der Waals surface area contributed by atoms with Gasteiger partial charge in [-0.25, -0.2) is 8.42 Å². The van der Waals surface area contributed by atoms with E-state index in [1.54, 1.807) is 4.83 Å². The molecule has 7 heteroatoms. The average molecular weight is 265 g/mol. The van der Waals surface area contributed by atoms with Crippen molar-refractivity contribution in [2.24, 2.45) is 5.84 Å². The first kappa shape index (κ1) is 13.2. The fraction of sp³-hybridized carbons (Fsp3) is 0.333. The highest BCUT2D eigenvalue weighted by Gasteiger charge is 2.14. The van der Waals surface area contributed by atoms with Crippen LogP contribution in [0.4, 0.5) is 0 Å². The summed E-state index contributed by atoms with van der Waals surface area (Å²) in [5.41, 5.74) is 0. The van der Waals surface area contributed by atoms with Gasteiger partial charge in [0.25, 0.3) is 10.0 Å². The van der Waals surface area contributed by atoms with Crippen LogP contribution in [0.25, 0.3) is 0 Å². The van der Waals surface area contributed by atoms with Crippen molar-refractivity contribution in [2.75, 3.05) is 0 Å². The zero-order valence-electron chi connectivity index (χ0n) is 8.90. The van der Waals surface area contributed by atoms with Crippen LogP contribution < -0.4 is 15.4 Å². The predicted molar refractivity (Wildman–Crippen MR) is 61.7 cm³/mol. The summed E-state index contributed by atoms with van der Waals surface area (Å²) in [6.07, 6.45) is -0.0346. The third kappa shape index (κ3) is 3.08. The first-order valence-electron chi connectivity index (χ1n) is 4.55. The van der Waals surface area contributed by atoms with Gasteiger partial charge >= 0.3 is 0 Å². The van der Waals surface area contributed by atoms with Crippen LogP contribution in [-0.2, 0) is 10.0 Å². The van der Waals surface area contributed by atoms with Crippen molar-refractivity contribution in [3.05, 3.63) is 23.2 Å². The molecule has 0 amide bonds. The van der Waals surface area contributed by atoms with Crippen LogP contribution in [0.15, 0.2) is 23.1 Å². The normalized spacial score (nSPS) is 11.8. The van der Waals surface area contributed by atoms with Gasteiger partial charge in [0.2, 0.25) is 0 Å². The van der Waals surface area contributed by atoms with Crippen LogP contribution in [0.3, 0.4) is 0 Å². The molecule has 0 aliphatic rings. The molecule has 1 rings (SSSR count). The van der Waals surface area contributed by atoms with Gasteiger partial charge in [0.15, 0.2) is 0 Å². The Morgan fingerprint density at radius 3 is 2.50 bits per heavy atom. The van der Waals surface area contributed by atoms with Crippen molar-refractivity contribution in [3.8, 4) is 5.75 Å². The Hall–Kier alpha value is -0.820. The van der Waals surface area contributed by atoms with Crippen molar-refractivity contribution in [1.29, 1.82) is 0 Å². The van der Waals surface area contributed by atoms with Gasteiger partial charge in [0, 0.05) is 0 Å². The molecule has 90 valence electrons. The lowest BCUT2D eigenvalue weighted by Gasteiger charge is -2.12. The number of nitrogens with two attached hydrogens (primary N) is 1. The number of hydrogen-bond donors (Lipinski definition) is 2. The summed E-state index contributed by atoms with van der Waals surface area (Å²) in [5, 5.41) is 0.227. The average Bonchev–Trinajstić information content (AvgIpc) is 2.20. The molecule has 1 aromatic rings. The minimum atomic E-state index is -3.68. The Bertz CT molecular complexity index is 474. The van der Waals surface area contributed by atoms with E-state index >= 15 is 0 Å². The third-order valence-electron chi connectivity index (χ3n) is 1.73. The molecular formula is C9H13ClN2O3S. The first-order valence-corrected chi connectivity index (χ1v) is 6.41. The molecule has 0 aliphatic carbocycles. The van der Waals surface area contributed by atoms with Crippen molar-refractivity contribution in [1.82, 2.24) is 4.83 Å². The maximum atomic E-state index is 11.4. The Labute approximate surface area is 99.6 Å². The minimum absolute atomic E-state index is 0.00361. The minimum Gasteiger partial charge on any atom is -0.489 e. The Balaban J connectivity index is 3.09. The standard InChI is InChI=1S/C9H13ClN2O3S/c1-6(2)15-9-4-3-7(5-8(9)10)16(13,14)12-11/h3-6,12H,11H2,1-2H3. The van der Waals surface area contributed by atoms with Crippen LogP contribution in [0.1, 0.15) is 13.8 Å². The van der Waals surface area contributed by atoms with Gasteiger partial charge in [-0.2, -0.15) is 4.83 Å². The molecule has 0 saturated carbocycles. The van der Waals surface area contributed by atoms with Gasteiger partial charge < -0.3 is 4.74 Å². The number of nitrogens with one attached hydrogen (secondary N) is 1. The third-order valence-corrected chi connectivity index (χ3v) is 3.21. The summed E-state index contributed by atoms with van der Waals surface area (Å²) in [6.45, 7) is 3.70. The SMILES string of the molecule is CC(C)Oc1ccc(S(=O)(=O)NN)cc1Cl. The molecule has 0 atom stereocenters. The number of halogens is 1. The molecule has 0 bridgehead atoms. The van der Waals surface area contributed by atoms with Crippen LogP contribution in [-0.4, -0.2) is 14.5 Å². The highest BCUT2D eigenvalue weighted by molar-refractivity contribution is 7.89. The van der Waals surface area contributed by atoms with Crippen molar-refractivity contribution < 1.29 is 13.2 Å². The van der Waals surface area contributed by atoms with E-state index in [4.69, 9.17) is 22.2 Å². The van der Waals surface area contributed by atoms with E-state index in [-0.39, 0.29) is 16.0 Å². The summed E-state index contributed by atoms with van der Waals surface area (Å²) >= 11 is 5.88. The molecule has 0 unspecified atom stereocenters. The highest BCUT2D eigenvalue weighted by atomic mass is 35.5. The second-order valence-electron chi connectivity index (χ2n) is 3.38. The van der Waals surface area contributed by atoms with Crippen molar-refractivity contribution >= 4 is 21.6 Å². The lowest BCUT2D eigenvalue weighted by molar-refractivity contribution is 0.242. The first-order chi connectivity index (χ1) is 7.36. The van der Waals surface area contributed by atoms with Gasteiger partial charge in [-0.3, -0.25) is 5.84 Å². The van der Waals surface area contributed by atoms with E-state index in [2.05, 4.69) is 0 Å². The van der Waals surface area contributed by atoms with E-state index in [1.807, 2.05) is 13.8 Å². The molecule has 0 fully saturated rings. The van der Waals surface area contributed by atoms with Gasteiger partial charge in [-0.05, 0) is 32.0 Å². The summed E-state index contributed by atoms with van der Waals surface area (Å²) in [4.78, 5) is 1.71. The maximum absolute atomic E-state index is 11.4. The summed E-state index contributed by atoms with van der Waals surface area (Å²) in [6, 6.07) is 4.15. The Morgan fingerprint density at radius 2 is 2.06 bits per heavy atom. The molecule has 16 heavy (non-hydrogen) atoms. The molecular weight excluding hydrogens is 252 g/mol. The zero-order valence-corrected chi connectivity index (χ0v) is 10.5. The van der Waals surface area contributed by atoms with Gasteiger partial charge in [-0.15, -0.1) is 0 Å². The second kappa shape index (κ2) is 5.01. The number of rotatable bonds is 4. The van der Waals surface area contributed by atoms with Crippen LogP contribution >= 0.6 is 11.6 Å². The number of hydrogen-bond acceptors (Lipinski definition) is 4. The largest absolute Gasteiger partial charge is 0.489 e. The van der Waals surface area contributed by atoms with E-state index in [0.717, 1.165) is 0 Å². The van der Waals surface area contributed by atoms with E-state index < -0.39 is 10.0 Å². The smallest absolute Gasteiger partial charge is 0.253 e. The predicted octanol–water partition coefficient (Wildman–Crippen LogP) is 1.28. The van der Waals surface area contributed by atoms with Crippen molar-refractivity contribution in [2.45, 2.75) is 24.8 Å². The van der Waals surface area contributed by atoms with Crippen LogP contribution in [0, 0.1) is 0 Å². The topological polar surface area (TPSA) is 81.4 Å². The van der Waals surface area contributed by atoms with Crippen molar-refractivity contribution in [3.63, 3.8) is 0 Å². The monoisotopic (exact) mass is 264 g/mol. The van der Waals surface area contributed by atoms with Crippen LogP contribution in [0.2, 0.25) is 5.02 Å². The van der Waals surface area contributed by atoms with Gasteiger partial charge in [-0.1, -0.05) is 11.6 Å². The fourth-order valence-electron chi connectivity index (χ4n) is 1.07. The van der Waals surface area contributed by atoms with E-state index in [0.29, 0.717) is 5.75 Å². The molecule has 0 heterocycles. The Morgan fingerprint density at radius 1 is 1.44 bits per heavy atom. The Kier molecular flexibility index (Phi) is 4.15.